The normalized spacial score (nSPS) is 18.3. The van der Waals surface area contributed by atoms with Crippen molar-refractivity contribution in [2.75, 3.05) is 13.1 Å². The molecule has 1 atom stereocenters. The van der Waals surface area contributed by atoms with Gasteiger partial charge < -0.3 is 0 Å². The van der Waals surface area contributed by atoms with E-state index in [0.29, 0.717) is 18.7 Å². The van der Waals surface area contributed by atoms with Crippen LogP contribution in [0.25, 0.3) is 11.2 Å². The Kier molecular flexibility index (Phi) is 5.55. The van der Waals surface area contributed by atoms with Crippen molar-refractivity contribution in [3.8, 4) is 0 Å². The van der Waals surface area contributed by atoms with Crippen LogP contribution in [0.15, 0.2) is 47.3 Å². The van der Waals surface area contributed by atoms with Gasteiger partial charge in [-0.1, -0.05) is 30.3 Å². The summed E-state index contributed by atoms with van der Waals surface area (Å²) in [7, 11) is -1.66. The Hall–Kier alpha value is -2.45. The number of pyridine rings is 1. The first-order valence-corrected chi connectivity index (χ1v) is 12.0. The molecule has 0 aliphatic carbocycles. The Morgan fingerprint density at radius 3 is 2.57 bits per heavy atom. The van der Waals surface area contributed by atoms with Gasteiger partial charge in [-0.15, -0.1) is 0 Å². The van der Waals surface area contributed by atoms with E-state index in [-0.39, 0.29) is 23.4 Å². The first-order chi connectivity index (χ1) is 14.3. The summed E-state index contributed by atoms with van der Waals surface area (Å²) in [6.45, 7) is 4.92. The van der Waals surface area contributed by atoms with Crippen molar-refractivity contribution in [1.82, 2.24) is 18.4 Å². The number of aryl methyl sites for hydroxylation is 1. The molecule has 0 spiro atoms. The van der Waals surface area contributed by atoms with Crippen molar-refractivity contribution in [3.63, 3.8) is 0 Å². The zero-order chi connectivity index (χ0) is 21.5. The number of fused-ring (bicyclic) bond motifs is 1. The van der Waals surface area contributed by atoms with Gasteiger partial charge in [-0.2, -0.15) is 0 Å². The molecule has 1 aliphatic rings. The minimum atomic E-state index is -3.40. The van der Waals surface area contributed by atoms with E-state index in [4.69, 9.17) is 4.98 Å². The minimum absolute atomic E-state index is 0.0127. The maximum Gasteiger partial charge on any atom is 0.330 e. The molecule has 0 amide bonds. The fourth-order valence-electron chi connectivity index (χ4n) is 4.28. The molecular formula is C22H28N4O3S. The van der Waals surface area contributed by atoms with Crippen LogP contribution in [-0.2, 0) is 22.8 Å². The number of aromatic nitrogens is 3. The largest absolute Gasteiger partial charge is 0.330 e. The molecule has 3 aromatic rings. The zero-order valence-corrected chi connectivity index (χ0v) is 18.5. The van der Waals surface area contributed by atoms with Crippen LogP contribution in [0.5, 0.6) is 0 Å². The molecule has 30 heavy (non-hydrogen) atoms. The second-order valence-electron chi connectivity index (χ2n) is 8.32. The van der Waals surface area contributed by atoms with E-state index < -0.39 is 10.0 Å². The average Bonchev–Trinajstić information content (AvgIpc) is 2.98. The van der Waals surface area contributed by atoms with Crippen LogP contribution in [-0.4, -0.2) is 39.9 Å². The zero-order valence-electron chi connectivity index (χ0n) is 17.7. The molecule has 1 fully saturated rings. The topological polar surface area (TPSA) is 77.2 Å². The second-order valence-corrected chi connectivity index (χ2v) is 10.3. The van der Waals surface area contributed by atoms with Gasteiger partial charge >= 0.3 is 5.69 Å². The van der Waals surface area contributed by atoms with Crippen LogP contribution < -0.4 is 5.69 Å². The smallest absolute Gasteiger partial charge is 0.288 e. The number of imidazole rings is 1. The molecule has 0 N–H and O–H groups in total. The Morgan fingerprint density at radius 1 is 1.13 bits per heavy atom. The Labute approximate surface area is 177 Å². The summed E-state index contributed by atoms with van der Waals surface area (Å²) in [5.74, 6) is 0.0323. The summed E-state index contributed by atoms with van der Waals surface area (Å²) < 4.78 is 30.9. The summed E-state index contributed by atoms with van der Waals surface area (Å²) in [5.41, 5.74) is 3.02. The summed E-state index contributed by atoms with van der Waals surface area (Å²) in [4.78, 5) is 17.4. The molecule has 8 heteroatoms. The van der Waals surface area contributed by atoms with Crippen molar-refractivity contribution >= 4 is 21.2 Å². The maximum absolute atomic E-state index is 13.0. The van der Waals surface area contributed by atoms with Crippen LogP contribution in [0.2, 0.25) is 0 Å². The molecule has 160 valence electrons. The number of benzene rings is 1. The minimum Gasteiger partial charge on any atom is -0.288 e. The number of nitrogens with zero attached hydrogens (tertiary/aromatic N) is 4. The lowest BCUT2D eigenvalue weighted by Crippen LogP contribution is -2.39. The lowest BCUT2D eigenvalue weighted by atomic mass is 9.95. The molecule has 2 aromatic heterocycles. The van der Waals surface area contributed by atoms with E-state index in [1.807, 2.05) is 56.3 Å². The molecule has 3 heterocycles. The fourth-order valence-corrected chi connectivity index (χ4v) is 5.90. The summed E-state index contributed by atoms with van der Waals surface area (Å²) in [5, 5.41) is 0. The highest BCUT2D eigenvalue weighted by molar-refractivity contribution is 7.88. The number of rotatable bonds is 5. The Balaban J connectivity index is 1.61. The third-order valence-corrected chi connectivity index (χ3v) is 7.67. The van der Waals surface area contributed by atoms with Gasteiger partial charge in [0.25, 0.3) is 0 Å². The van der Waals surface area contributed by atoms with Gasteiger partial charge in [-0.05, 0) is 44.4 Å². The molecule has 7 nitrogen and oxygen atoms in total. The summed E-state index contributed by atoms with van der Waals surface area (Å²) in [6.07, 6.45) is 1.68. The molecule has 1 aliphatic heterocycles. The number of sulfonamides is 1. The third kappa shape index (κ3) is 3.81. The van der Waals surface area contributed by atoms with E-state index in [1.165, 1.54) is 0 Å². The highest BCUT2D eigenvalue weighted by atomic mass is 32.2. The average molecular weight is 429 g/mol. The lowest BCUT2D eigenvalue weighted by molar-refractivity contribution is 0.312. The predicted molar refractivity (Wildman–Crippen MR) is 118 cm³/mol. The van der Waals surface area contributed by atoms with Crippen molar-refractivity contribution in [2.45, 2.75) is 44.4 Å². The van der Waals surface area contributed by atoms with Gasteiger partial charge in [0.1, 0.15) is 0 Å². The molecule has 4 rings (SSSR count). The molecule has 0 saturated carbocycles. The van der Waals surface area contributed by atoms with Crippen LogP contribution in [0.4, 0.5) is 0 Å². The second kappa shape index (κ2) is 8.00. The summed E-state index contributed by atoms with van der Waals surface area (Å²) >= 11 is 0. The van der Waals surface area contributed by atoms with Crippen LogP contribution in [0, 0.1) is 0 Å². The molecule has 1 aromatic carbocycles. The Morgan fingerprint density at radius 2 is 1.87 bits per heavy atom. The van der Waals surface area contributed by atoms with Gasteiger partial charge in [0.2, 0.25) is 10.0 Å². The van der Waals surface area contributed by atoms with Gasteiger partial charge in [0, 0.05) is 37.8 Å². The Bertz CT molecular complexity index is 1210. The van der Waals surface area contributed by atoms with Crippen molar-refractivity contribution in [3.05, 3.63) is 64.2 Å². The van der Waals surface area contributed by atoms with Crippen molar-refractivity contribution < 1.29 is 8.42 Å². The van der Waals surface area contributed by atoms with E-state index in [0.717, 1.165) is 29.6 Å². The van der Waals surface area contributed by atoms with E-state index in [2.05, 4.69) is 0 Å². The van der Waals surface area contributed by atoms with E-state index in [1.54, 1.807) is 20.5 Å². The number of piperidine rings is 1. The fraction of sp³-hybridized carbons (Fsp3) is 0.455. The molecule has 1 saturated heterocycles. The third-order valence-electron chi connectivity index (χ3n) is 5.85. The van der Waals surface area contributed by atoms with E-state index in [9.17, 15) is 13.2 Å². The van der Waals surface area contributed by atoms with Gasteiger partial charge in [-0.3, -0.25) is 9.13 Å². The molecule has 1 unspecified atom stereocenters. The van der Waals surface area contributed by atoms with Gasteiger partial charge in [0.05, 0.1) is 11.3 Å². The predicted octanol–water partition coefficient (Wildman–Crippen LogP) is 3.03. The highest BCUT2D eigenvalue weighted by Gasteiger charge is 2.30. The highest BCUT2D eigenvalue weighted by Crippen LogP contribution is 2.29. The SMILES string of the molecule is CC(C)n1c(=O)n(C)c2nc(C3CCCN(S(=O)(=O)Cc4ccccc4)C3)ccc21. The van der Waals surface area contributed by atoms with Gasteiger partial charge in [0.15, 0.2) is 5.65 Å². The van der Waals surface area contributed by atoms with Crippen LogP contribution >= 0.6 is 0 Å². The van der Waals surface area contributed by atoms with E-state index >= 15 is 0 Å². The first-order valence-electron chi connectivity index (χ1n) is 10.4. The molecule has 0 bridgehead atoms. The van der Waals surface area contributed by atoms with Crippen LogP contribution in [0.1, 0.15) is 49.9 Å². The quantitative estimate of drug-likeness (QED) is 0.626. The van der Waals surface area contributed by atoms with Gasteiger partial charge in [-0.25, -0.2) is 22.5 Å². The molecule has 0 radical (unpaired) electrons. The lowest BCUT2D eigenvalue weighted by Gasteiger charge is -2.31. The number of hydrogen-bond acceptors (Lipinski definition) is 4. The first kappa shape index (κ1) is 20.8. The molecular weight excluding hydrogens is 400 g/mol. The van der Waals surface area contributed by atoms with Crippen molar-refractivity contribution in [1.29, 1.82) is 0 Å². The number of hydrogen-bond donors (Lipinski definition) is 0. The summed E-state index contributed by atoms with van der Waals surface area (Å²) in [6, 6.07) is 13.2. The standard InChI is InChI=1S/C22H28N4O3S/c1-16(2)26-20-12-11-19(23-21(20)24(3)22(26)27)18-10-7-13-25(14-18)30(28,29)15-17-8-5-4-6-9-17/h4-6,8-9,11-12,16,18H,7,10,13-15H2,1-3H3. The monoisotopic (exact) mass is 428 g/mol. The van der Waals surface area contributed by atoms with Crippen LogP contribution in [0.3, 0.4) is 0 Å². The maximum atomic E-state index is 13.0. The van der Waals surface area contributed by atoms with Crippen molar-refractivity contribution in [2.24, 2.45) is 7.05 Å².